The Morgan fingerprint density at radius 3 is 2.52 bits per heavy atom. The van der Waals surface area contributed by atoms with E-state index >= 15 is 0 Å². The number of carbonyl (C=O) groups excluding carboxylic acids is 1. The first kappa shape index (κ1) is 22.0. The van der Waals surface area contributed by atoms with E-state index in [2.05, 4.69) is 35.8 Å². The fraction of sp³-hybridized carbons (Fsp3) is 0.190. The summed E-state index contributed by atoms with van der Waals surface area (Å²) in [6.07, 6.45) is -0.0614. The number of halogens is 3. The normalized spacial score (nSPS) is 11.4. The smallest absolute Gasteiger partial charge is 0.346 e. The summed E-state index contributed by atoms with van der Waals surface area (Å²) in [4.78, 5) is 25.5. The second kappa shape index (κ2) is 8.73. The summed E-state index contributed by atoms with van der Waals surface area (Å²) in [5.74, 6) is -1.83. The third kappa shape index (κ3) is 5.00. The number of tetrazole rings is 1. The maximum Gasteiger partial charge on any atom is 0.453 e. The fourth-order valence-corrected chi connectivity index (χ4v) is 2.97. The molecule has 0 aliphatic carbocycles. The molecular weight excluding hydrogens is 437 g/mol. The van der Waals surface area contributed by atoms with E-state index < -0.39 is 17.9 Å². The van der Waals surface area contributed by atoms with Crippen molar-refractivity contribution in [2.24, 2.45) is 0 Å². The van der Waals surface area contributed by atoms with Crippen LogP contribution in [0.1, 0.15) is 33.1 Å². The average molecular weight is 454 g/mol. The van der Waals surface area contributed by atoms with E-state index in [9.17, 15) is 18.0 Å². The molecule has 33 heavy (non-hydrogen) atoms. The zero-order chi connectivity index (χ0) is 23.6. The van der Waals surface area contributed by atoms with Gasteiger partial charge >= 0.3 is 6.18 Å². The summed E-state index contributed by atoms with van der Waals surface area (Å²) in [5, 5.41) is 12.4. The largest absolute Gasteiger partial charge is 0.453 e. The first-order valence-electron chi connectivity index (χ1n) is 9.70. The second-order valence-electron chi connectivity index (χ2n) is 7.23. The third-order valence-electron chi connectivity index (χ3n) is 4.62. The molecule has 0 atom stereocenters. The zero-order valence-electron chi connectivity index (χ0n) is 17.5. The van der Waals surface area contributed by atoms with Gasteiger partial charge in [0.2, 0.25) is 0 Å². The van der Waals surface area contributed by atoms with Crippen molar-refractivity contribution in [3.05, 3.63) is 77.3 Å². The number of carbonyl (C=O) groups is 1. The highest BCUT2D eigenvalue weighted by molar-refractivity contribution is 5.96. The lowest BCUT2D eigenvalue weighted by Crippen LogP contribution is -2.24. The number of nitrogens with zero attached hydrogens (tertiary/aromatic N) is 7. The highest BCUT2D eigenvalue weighted by Gasteiger charge is 2.38. The predicted molar refractivity (Wildman–Crippen MR) is 110 cm³/mol. The molecule has 0 unspecified atom stereocenters. The molecule has 3 aromatic heterocycles. The molecule has 168 valence electrons. The van der Waals surface area contributed by atoms with Gasteiger partial charge in [0.15, 0.2) is 0 Å². The Morgan fingerprint density at radius 1 is 1.03 bits per heavy atom. The summed E-state index contributed by atoms with van der Waals surface area (Å²) in [6, 6.07) is 7.77. The number of alkyl halides is 3. The Labute approximate surface area is 185 Å². The third-order valence-corrected chi connectivity index (χ3v) is 4.62. The molecule has 4 rings (SSSR count). The van der Waals surface area contributed by atoms with Crippen molar-refractivity contribution in [1.82, 2.24) is 40.5 Å². The fourth-order valence-electron chi connectivity index (χ4n) is 2.97. The number of aromatic nitrogens is 7. The number of aryl methyl sites for hydroxylation is 2. The van der Waals surface area contributed by atoms with Crippen molar-refractivity contribution >= 4 is 5.91 Å². The van der Waals surface area contributed by atoms with Gasteiger partial charge in [-0.25, -0.2) is 0 Å². The summed E-state index contributed by atoms with van der Waals surface area (Å²) < 4.78 is 40.6. The van der Waals surface area contributed by atoms with Crippen molar-refractivity contribution in [1.29, 1.82) is 0 Å². The van der Waals surface area contributed by atoms with E-state index in [-0.39, 0.29) is 17.8 Å². The molecule has 0 radical (unpaired) electrons. The maximum atomic E-state index is 13.4. The first-order chi connectivity index (χ1) is 15.7. The topological polar surface area (TPSA) is 111 Å². The SMILES string of the molecule is Cc1ccc(-c2cc(C(=O)NCc3cnc(C)cn3)cc(-n3nnnc3C(F)(F)F)c2)nc1. The van der Waals surface area contributed by atoms with E-state index in [1.807, 2.05) is 13.0 Å². The molecule has 4 aromatic rings. The van der Waals surface area contributed by atoms with Crippen molar-refractivity contribution < 1.29 is 18.0 Å². The van der Waals surface area contributed by atoms with Gasteiger partial charge in [-0.1, -0.05) is 6.07 Å². The summed E-state index contributed by atoms with van der Waals surface area (Å²) >= 11 is 0. The Kier molecular flexibility index (Phi) is 5.82. The first-order valence-corrected chi connectivity index (χ1v) is 9.70. The second-order valence-corrected chi connectivity index (χ2v) is 7.23. The highest BCUT2D eigenvalue weighted by atomic mass is 19.4. The predicted octanol–water partition coefficient (Wildman–Crippen LogP) is 3.08. The summed E-state index contributed by atoms with van der Waals surface area (Å²) in [5.41, 5.74) is 3.15. The minimum atomic E-state index is -4.78. The number of hydrogen-bond donors (Lipinski definition) is 1. The van der Waals surface area contributed by atoms with E-state index in [1.165, 1.54) is 24.4 Å². The van der Waals surface area contributed by atoms with Crippen molar-refractivity contribution in [2.45, 2.75) is 26.6 Å². The zero-order valence-corrected chi connectivity index (χ0v) is 17.5. The van der Waals surface area contributed by atoms with Gasteiger partial charge in [0.1, 0.15) is 0 Å². The van der Waals surface area contributed by atoms with Gasteiger partial charge in [-0.3, -0.25) is 19.7 Å². The lowest BCUT2D eigenvalue weighted by Gasteiger charge is -2.12. The number of pyridine rings is 1. The van der Waals surface area contributed by atoms with Crippen molar-refractivity contribution in [2.75, 3.05) is 0 Å². The minimum absolute atomic E-state index is 0.0347. The van der Waals surface area contributed by atoms with E-state index in [4.69, 9.17) is 0 Å². The molecule has 0 aliphatic rings. The molecule has 0 bridgehead atoms. The molecule has 3 heterocycles. The number of amides is 1. The van der Waals surface area contributed by atoms with Gasteiger partial charge in [0.25, 0.3) is 11.7 Å². The summed E-state index contributed by atoms with van der Waals surface area (Å²) in [7, 11) is 0. The molecule has 1 N–H and O–H groups in total. The van der Waals surface area contributed by atoms with Crippen LogP contribution in [0.15, 0.2) is 48.9 Å². The van der Waals surface area contributed by atoms with Crippen molar-refractivity contribution in [3.8, 4) is 16.9 Å². The highest BCUT2D eigenvalue weighted by Crippen LogP contribution is 2.30. The monoisotopic (exact) mass is 454 g/mol. The Balaban J connectivity index is 1.73. The molecule has 0 saturated carbocycles. The Morgan fingerprint density at radius 2 is 1.85 bits per heavy atom. The standard InChI is InChI=1S/C21H17F3N8O/c1-12-3-4-18(27-8-12)14-5-15(19(33)28-11-16-10-25-13(2)9-26-16)7-17(6-14)32-20(21(22,23)24)29-30-31-32/h3-10H,11H2,1-2H3,(H,28,33). The molecule has 0 saturated heterocycles. The minimum Gasteiger partial charge on any atom is -0.346 e. The molecule has 0 aliphatic heterocycles. The quantitative estimate of drug-likeness (QED) is 0.493. The lowest BCUT2D eigenvalue weighted by atomic mass is 10.0. The molecule has 1 aromatic carbocycles. The van der Waals surface area contributed by atoms with Crippen LogP contribution in [0.2, 0.25) is 0 Å². The Bertz CT molecular complexity index is 1280. The van der Waals surface area contributed by atoms with Gasteiger partial charge in [-0.15, -0.1) is 5.10 Å². The van der Waals surface area contributed by atoms with Crippen LogP contribution in [0, 0.1) is 13.8 Å². The maximum absolute atomic E-state index is 13.4. The van der Waals surface area contributed by atoms with Gasteiger partial charge in [-0.05, 0) is 54.1 Å². The molecular formula is C21H17F3N8O. The average Bonchev–Trinajstić information content (AvgIpc) is 3.29. The van der Waals surface area contributed by atoms with Crippen LogP contribution in [0.4, 0.5) is 13.2 Å². The van der Waals surface area contributed by atoms with Gasteiger partial charge < -0.3 is 5.32 Å². The molecule has 1 amide bonds. The molecule has 12 heteroatoms. The van der Waals surface area contributed by atoms with E-state index in [1.54, 1.807) is 25.4 Å². The van der Waals surface area contributed by atoms with Crippen LogP contribution in [0.3, 0.4) is 0 Å². The summed E-state index contributed by atoms with van der Waals surface area (Å²) in [6.45, 7) is 3.74. The molecule has 0 fully saturated rings. The van der Waals surface area contributed by atoms with E-state index in [0.717, 1.165) is 11.3 Å². The number of rotatable bonds is 5. The van der Waals surface area contributed by atoms with Gasteiger partial charge in [0.05, 0.1) is 35.5 Å². The van der Waals surface area contributed by atoms with Gasteiger partial charge in [-0.2, -0.15) is 17.9 Å². The van der Waals surface area contributed by atoms with E-state index in [0.29, 0.717) is 21.6 Å². The number of benzene rings is 1. The van der Waals surface area contributed by atoms with Crippen molar-refractivity contribution in [3.63, 3.8) is 0 Å². The molecule has 9 nitrogen and oxygen atoms in total. The van der Waals surface area contributed by atoms with Crippen LogP contribution < -0.4 is 5.32 Å². The number of hydrogen-bond acceptors (Lipinski definition) is 7. The number of nitrogens with one attached hydrogen (secondary N) is 1. The van der Waals surface area contributed by atoms with Crippen LogP contribution in [-0.2, 0) is 12.7 Å². The Hall–Kier alpha value is -4.22. The van der Waals surface area contributed by atoms with Crippen LogP contribution >= 0.6 is 0 Å². The molecule has 0 spiro atoms. The van der Waals surface area contributed by atoms with Gasteiger partial charge in [0, 0.05) is 23.5 Å². The lowest BCUT2D eigenvalue weighted by molar-refractivity contribution is -0.146. The van der Waals surface area contributed by atoms with Crippen LogP contribution in [0.25, 0.3) is 16.9 Å². The van der Waals surface area contributed by atoms with Crippen LogP contribution in [-0.4, -0.2) is 41.1 Å². The van der Waals surface area contributed by atoms with Crippen LogP contribution in [0.5, 0.6) is 0 Å².